The Kier molecular flexibility index (Phi) is 4.53. The van der Waals surface area contributed by atoms with Crippen LogP contribution < -0.4 is 10.5 Å². The Morgan fingerprint density at radius 2 is 1.86 bits per heavy atom. The molecule has 0 aromatic heterocycles. The topological polar surface area (TPSA) is 59.1 Å². The molecule has 0 radical (unpaired) electrons. The molecule has 0 unspecified atom stereocenters. The van der Waals surface area contributed by atoms with Gasteiger partial charge in [0.15, 0.2) is 0 Å². The molecule has 0 aliphatic carbocycles. The fourth-order valence-corrected chi connectivity index (χ4v) is 2.18. The SMILES string of the molecule is Cc1ccc(C(C)C)cc1Oc1ccc(Cl)cc1C(=N)N. The molecule has 0 amide bonds. The summed E-state index contributed by atoms with van der Waals surface area (Å²) < 4.78 is 5.97. The number of halogens is 1. The van der Waals surface area contributed by atoms with Crippen molar-refractivity contribution in [2.24, 2.45) is 5.73 Å². The fraction of sp³-hybridized carbons (Fsp3) is 0.235. The molecule has 0 fully saturated rings. The molecule has 3 N–H and O–H groups in total. The molecule has 110 valence electrons. The van der Waals surface area contributed by atoms with Crippen LogP contribution in [-0.2, 0) is 0 Å². The van der Waals surface area contributed by atoms with Crippen LogP contribution in [0.15, 0.2) is 36.4 Å². The number of rotatable bonds is 4. The Labute approximate surface area is 130 Å². The number of nitrogen functional groups attached to an aromatic ring is 1. The number of benzene rings is 2. The van der Waals surface area contributed by atoms with Crippen molar-refractivity contribution in [1.82, 2.24) is 0 Å². The van der Waals surface area contributed by atoms with E-state index in [4.69, 9.17) is 27.5 Å². The van der Waals surface area contributed by atoms with E-state index in [0.29, 0.717) is 22.3 Å². The van der Waals surface area contributed by atoms with Crippen LogP contribution in [0.4, 0.5) is 0 Å². The summed E-state index contributed by atoms with van der Waals surface area (Å²) in [6.07, 6.45) is 0. The van der Waals surface area contributed by atoms with Gasteiger partial charge in [0, 0.05) is 5.02 Å². The lowest BCUT2D eigenvalue weighted by molar-refractivity contribution is 0.476. The van der Waals surface area contributed by atoms with Crippen molar-refractivity contribution < 1.29 is 4.74 Å². The van der Waals surface area contributed by atoms with Crippen molar-refractivity contribution in [3.8, 4) is 11.5 Å². The average molecular weight is 303 g/mol. The minimum atomic E-state index is -0.0647. The molecule has 0 atom stereocenters. The summed E-state index contributed by atoms with van der Waals surface area (Å²) in [5.74, 6) is 1.66. The van der Waals surface area contributed by atoms with E-state index in [9.17, 15) is 0 Å². The van der Waals surface area contributed by atoms with E-state index in [-0.39, 0.29) is 5.84 Å². The van der Waals surface area contributed by atoms with E-state index in [1.165, 1.54) is 5.56 Å². The Morgan fingerprint density at radius 1 is 1.14 bits per heavy atom. The molecule has 0 bridgehead atoms. The number of aryl methyl sites for hydroxylation is 1. The molecule has 0 spiro atoms. The van der Waals surface area contributed by atoms with Crippen molar-refractivity contribution in [3.63, 3.8) is 0 Å². The summed E-state index contributed by atoms with van der Waals surface area (Å²) in [6, 6.07) is 11.3. The van der Waals surface area contributed by atoms with E-state index in [2.05, 4.69) is 19.9 Å². The van der Waals surface area contributed by atoms with E-state index in [0.717, 1.165) is 11.3 Å². The van der Waals surface area contributed by atoms with Gasteiger partial charge < -0.3 is 10.5 Å². The zero-order valence-electron chi connectivity index (χ0n) is 12.4. The summed E-state index contributed by atoms with van der Waals surface area (Å²) in [5, 5.41) is 8.17. The van der Waals surface area contributed by atoms with Gasteiger partial charge in [-0.25, -0.2) is 0 Å². The molecule has 2 rings (SSSR count). The minimum absolute atomic E-state index is 0.0647. The summed E-state index contributed by atoms with van der Waals surface area (Å²) in [4.78, 5) is 0. The first kappa shape index (κ1) is 15.4. The van der Waals surface area contributed by atoms with Crippen molar-refractivity contribution in [1.29, 1.82) is 5.41 Å². The van der Waals surface area contributed by atoms with Gasteiger partial charge in [-0.3, -0.25) is 5.41 Å². The van der Waals surface area contributed by atoms with Gasteiger partial charge in [-0.2, -0.15) is 0 Å². The van der Waals surface area contributed by atoms with Gasteiger partial charge in [0.05, 0.1) is 5.56 Å². The summed E-state index contributed by atoms with van der Waals surface area (Å²) in [7, 11) is 0. The largest absolute Gasteiger partial charge is 0.456 e. The first-order chi connectivity index (χ1) is 9.88. The highest BCUT2D eigenvalue weighted by atomic mass is 35.5. The molecular weight excluding hydrogens is 284 g/mol. The van der Waals surface area contributed by atoms with Crippen molar-refractivity contribution in [2.75, 3.05) is 0 Å². The second kappa shape index (κ2) is 6.19. The summed E-state index contributed by atoms with van der Waals surface area (Å²) in [5.41, 5.74) is 8.33. The second-order valence-corrected chi connectivity index (χ2v) is 5.77. The van der Waals surface area contributed by atoms with Gasteiger partial charge in [0.1, 0.15) is 17.3 Å². The van der Waals surface area contributed by atoms with Gasteiger partial charge in [0.25, 0.3) is 0 Å². The molecule has 0 aliphatic heterocycles. The molecule has 0 aliphatic rings. The van der Waals surface area contributed by atoms with Crippen LogP contribution in [-0.4, -0.2) is 5.84 Å². The van der Waals surface area contributed by atoms with Crippen LogP contribution >= 0.6 is 11.6 Å². The maximum Gasteiger partial charge on any atom is 0.138 e. The van der Waals surface area contributed by atoms with Crippen LogP contribution in [0.1, 0.15) is 36.5 Å². The third-order valence-corrected chi connectivity index (χ3v) is 3.57. The zero-order valence-corrected chi connectivity index (χ0v) is 13.2. The highest BCUT2D eigenvalue weighted by Crippen LogP contribution is 2.31. The Hall–Kier alpha value is -2.00. The van der Waals surface area contributed by atoms with Gasteiger partial charge in [-0.15, -0.1) is 0 Å². The molecule has 2 aromatic carbocycles. The summed E-state index contributed by atoms with van der Waals surface area (Å²) >= 11 is 5.95. The fourth-order valence-electron chi connectivity index (χ4n) is 2.01. The maximum atomic E-state index is 7.64. The summed E-state index contributed by atoms with van der Waals surface area (Å²) in [6.45, 7) is 6.26. The first-order valence-electron chi connectivity index (χ1n) is 6.81. The van der Waals surface area contributed by atoms with E-state index in [1.807, 2.05) is 19.1 Å². The standard InChI is InChI=1S/C17H19ClN2O/c1-10(2)12-5-4-11(3)16(8-12)21-15-7-6-13(18)9-14(15)17(19)20/h4-10H,1-3H3,(H3,19,20). The van der Waals surface area contributed by atoms with E-state index in [1.54, 1.807) is 18.2 Å². The molecule has 2 aromatic rings. The van der Waals surface area contributed by atoms with Gasteiger partial charge >= 0.3 is 0 Å². The van der Waals surface area contributed by atoms with Crippen molar-refractivity contribution in [2.45, 2.75) is 26.7 Å². The Bertz CT molecular complexity index is 680. The molecule has 3 nitrogen and oxygen atoms in total. The number of nitrogens with one attached hydrogen (secondary N) is 1. The maximum absolute atomic E-state index is 7.64. The highest BCUT2D eigenvalue weighted by Gasteiger charge is 2.11. The number of hydrogen-bond acceptors (Lipinski definition) is 2. The number of ether oxygens (including phenoxy) is 1. The molecule has 0 heterocycles. The van der Waals surface area contributed by atoms with Crippen LogP contribution in [0.3, 0.4) is 0 Å². The lowest BCUT2D eigenvalue weighted by atomic mass is 10.0. The molecule has 0 saturated carbocycles. The van der Waals surface area contributed by atoms with Crippen molar-refractivity contribution >= 4 is 17.4 Å². The third-order valence-electron chi connectivity index (χ3n) is 3.33. The zero-order chi connectivity index (χ0) is 15.6. The highest BCUT2D eigenvalue weighted by molar-refractivity contribution is 6.31. The smallest absolute Gasteiger partial charge is 0.138 e. The number of hydrogen-bond donors (Lipinski definition) is 2. The second-order valence-electron chi connectivity index (χ2n) is 5.34. The van der Waals surface area contributed by atoms with Gasteiger partial charge in [-0.05, 0) is 48.2 Å². The molecular formula is C17H19ClN2O. The minimum Gasteiger partial charge on any atom is -0.456 e. The van der Waals surface area contributed by atoms with E-state index < -0.39 is 0 Å². The van der Waals surface area contributed by atoms with Crippen LogP contribution in [0, 0.1) is 12.3 Å². The predicted octanol–water partition coefficient (Wildman–Crippen LogP) is 4.85. The number of nitrogens with two attached hydrogens (primary N) is 1. The first-order valence-corrected chi connectivity index (χ1v) is 7.18. The lowest BCUT2D eigenvalue weighted by Crippen LogP contribution is -2.12. The van der Waals surface area contributed by atoms with Gasteiger partial charge in [0.2, 0.25) is 0 Å². The Balaban J connectivity index is 2.43. The monoisotopic (exact) mass is 302 g/mol. The number of amidine groups is 1. The molecule has 4 heteroatoms. The van der Waals surface area contributed by atoms with Crippen LogP contribution in [0.5, 0.6) is 11.5 Å². The average Bonchev–Trinajstić information content (AvgIpc) is 2.42. The molecule has 21 heavy (non-hydrogen) atoms. The third kappa shape index (κ3) is 3.56. The van der Waals surface area contributed by atoms with Gasteiger partial charge in [-0.1, -0.05) is 37.6 Å². The predicted molar refractivity (Wildman–Crippen MR) is 87.8 cm³/mol. The normalized spacial score (nSPS) is 10.7. The molecule has 0 saturated heterocycles. The lowest BCUT2D eigenvalue weighted by Gasteiger charge is -2.15. The Morgan fingerprint density at radius 3 is 2.48 bits per heavy atom. The van der Waals surface area contributed by atoms with Crippen LogP contribution in [0.2, 0.25) is 5.02 Å². The quantitative estimate of drug-likeness (QED) is 0.626. The van der Waals surface area contributed by atoms with E-state index >= 15 is 0 Å². The van der Waals surface area contributed by atoms with Crippen molar-refractivity contribution in [3.05, 3.63) is 58.1 Å². The van der Waals surface area contributed by atoms with Crippen LogP contribution in [0.25, 0.3) is 0 Å².